The van der Waals surface area contributed by atoms with E-state index >= 15 is 0 Å². The molecule has 3 aromatic rings. The Morgan fingerprint density at radius 2 is 2.03 bits per heavy atom. The minimum absolute atomic E-state index is 0.127. The van der Waals surface area contributed by atoms with Crippen LogP contribution in [0.2, 0.25) is 0 Å². The first-order valence-corrected chi connectivity index (χ1v) is 10.5. The molecule has 8 heteroatoms. The molecule has 0 radical (unpaired) electrons. The zero-order valence-electron chi connectivity index (χ0n) is 16.2. The topological polar surface area (TPSA) is 60.2 Å². The van der Waals surface area contributed by atoms with Crippen LogP contribution >= 0.6 is 11.8 Å². The largest absolute Gasteiger partial charge is 0.370 e. The molecule has 150 valence electrons. The van der Waals surface area contributed by atoms with E-state index in [0.717, 1.165) is 11.8 Å². The van der Waals surface area contributed by atoms with E-state index in [9.17, 15) is 9.18 Å². The van der Waals surface area contributed by atoms with Gasteiger partial charge in [-0.2, -0.15) is 0 Å². The van der Waals surface area contributed by atoms with Gasteiger partial charge in [0.05, 0.1) is 25.0 Å². The summed E-state index contributed by atoms with van der Waals surface area (Å²) in [7, 11) is 1.68. The van der Waals surface area contributed by atoms with Gasteiger partial charge in [0.25, 0.3) is 5.56 Å². The molecule has 0 aliphatic carbocycles. The summed E-state index contributed by atoms with van der Waals surface area (Å²) in [6.45, 7) is 1.67. The summed E-state index contributed by atoms with van der Waals surface area (Å²) in [5.41, 5.74) is 1.40. The first-order valence-electron chi connectivity index (χ1n) is 9.25. The molecular weight excluding hydrogens is 391 g/mol. The van der Waals surface area contributed by atoms with Crippen LogP contribution in [0.3, 0.4) is 0 Å². The molecule has 3 heterocycles. The molecule has 29 heavy (non-hydrogen) atoms. The number of halogens is 1. The maximum atomic E-state index is 14.2. The van der Waals surface area contributed by atoms with Crippen molar-refractivity contribution in [2.45, 2.75) is 11.0 Å². The van der Waals surface area contributed by atoms with Crippen LogP contribution in [0.4, 0.5) is 10.3 Å². The van der Waals surface area contributed by atoms with Gasteiger partial charge < -0.3 is 9.64 Å². The Bertz CT molecular complexity index is 1070. The fourth-order valence-corrected chi connectivity index (χ4v) is 3.79. The molecule has 0 spiro atoms. The van der Waals surface area contributed by atoms with Crippen LogP contribution in [-0.2, 0) is 11.8 Å². The van der Waals surface area contributed by atoms with Crippen molar-refractivity contribution in [2.75, 3.05) is 30.9 Å². The second kappa shape index (κ2) is 8.34. The molecule has 0 N–H and O–H groups in total. The number of thioether (sulfide) groups is 1. The van der Waals surface area contributed by atoms with Crippen LogP contribution in [0, 0.1) is 5.82 Å². The normalized spacial score (nSPS) is 16.8. The van der Waals surface area contributed by atoms with Crippen molar-refractivity contribution in [3.8, 4) is 11.3 Å². The van der Waals surface area contributed by atoms with Gasteiger partial charge in [0.15, 0.2) is 5.82 Å². The third-order valence-corrected chi connectivity index (χ3v) is 5.74. The molecule has 6 nitrogen and oxygen atoms in total. The summed E-state index contributed by atoms with van der Waals surface area (Å²) in [6.07, 6.45) is 4.52. The van der Waals surface area contributed by atoms with Gasteiger partial charge in [0.1, 0.15) is 6.10 Å². The Morgan fingerprint density at radius 1 is 1.24 bits per heavy atom. The summed E-state index contributed by atoms with van der Waals surface area (Å²) in [5, 5.41) is 0. The standard InChI is InChI=1S/C21H21FN4O2S/c1-25-20(27)11-18(16-7-8-23-12-17(16)22)24-21(25)26-9-10-28-19(13-26)14-3-5-15(29-2)6-4-14/h3-8,11-12,19H,9-10,13H2,1-2H3/t19-/m1/s1. The van der Waals surface area contributed by atoms with Crippen molar-refractivity contribution in [3.63, 3.8) is 0 Å². The Kier molecular flexibility index (Phi) is 5.64. The lowest BCUT2D eigenvalue weighted by atomic mass is 10.1. The van der Waals surface area contributed by atoms with Crippen LogP contribution in [0.5, 0.6) is 0 Å². The SMILES string of the molecule is CSc1ccc([C@H]2CN(c3nc(-c4ccncc4F)cc(=O)n3C)CCO2)cc1. The second-order valence-corrected chi connectivity index (χ2v) is 7.65. The molecule has 1 aliphatic heterocycles. The van der Waals surface area contributed by atoms with Gasteiger partial charge in [-0.25, -0.2) is 9.37 Å². The molecule has 2 aromatic heterocycles. The molecule has 1 atom stereocenters. The molecule has 1 aliphatic rings. The van der Waals surface area contributed by atoms with Gasteiger partial charge in [-0.1, -0.05) is 12.1 Å². The summed E-state index contributed by atoms with van der Waals surface area (Å²) >= 11 is 1.69. The average molecular weight is 412 g/mol. The van der Waals surface area contributed by atoms with Crippen LogP contribution in [0.15, 0.2) is 58.5 Å². The predicted octanol–water partition coefficient (Wildman–Crippen LogP) is 3.28. The number of pyridine rings is 1. The molecule has 1 aromatic carbocycles. The van der Waals surface area contributed by atoms with Gasteiger partial charge in [-0.05, 0) is 30.0 Å². The lowest BCUT2D eigenvalue weighted by molar-refractivity contribution is 0.0389. The Hall–Kier alpha value is -2.71. The van der Waals surface area contributed by atoms with Gasteiger partial charge in [0, 0.05) is 36.3 Å². The zero-order valence-corrected chi connectivity index (χ0v) is 17.0. The first-order chi connectivity index (χ1) is 14.1. The molecule has 1 saturated heterocycles. The van der Waals surface area contributed by atoms with Gasteiger partial charge >= 0.3 is 0 Å². The predicted molar refractivity (Wildman–Crippen MR) is 112 cm³/mol. The Morgan fingerprint density at radius 3 is 2.76 bits per heavy atom. The number of aromatic nitrogens is 3. The minimum atomic E-state index is -0.507. The third-order valence-electron chi connectivity index (χ3n) is 5.00. The number of morpholine rings is 1. The van der Waals surface area contributed by atoms with E-state index in [-0.39, 0.29) is 17.2 Å². The second-order valence-electron chi connectivity index (χ2n) is 6.77. The molecule has 0 unspecified atom stereocenters. The quantitative estimate of drug-likeness (QED) is 0.613. The number of anilines is 1. The van der Waals surface area contributed by atoms with E-state index in [1.54, 1.807) is 18.8 Å². The number of hydrogen-bond donors (Lipinski definition) is 0. The number of nitrogens with zero attached hydrogens (tertiary/aromatic N) is 4. The van der Waals surface area contributed by atoms with E-state index < -0.39 is 5.82 Å². The average Bonchev–Trinajstić information content (AvgIpc) is 2.76. The zero-order chi connectivity index (χ0) is 20.4. The summed E-state index contributed by atoms with van der Waals surface area (Å²) in [6, 6.07) is 11.1. The lowest BCUT2D eigenvalue weighted by Gasteiger charge is -2.34. The highest BCUT2D eigenvalue weighted by molar-refractivity contribution is 7.98. The molecule has 4 rings (SSSR count). The van der Waals surface area contributed by atoms with Crippen molar-refractivity contribution in [1.82, 2.24) is 14.5 Å². The van der Waals surface area contributed by atoms with E-state index in [1.807, 2.05) is 11.2 Å². The molecule has 0 bridgehead atoms. The van der Waals surface area contributed by atoms with Crippen molar-refractivity contribution < 1.29 is 9.13 Å². The Labute approximate surface area is 172 Å². The summed E-state index contributed by atoms with van der Waals surface area (Å²) in [5.74, 6) is -0.00862. The highest BCUT2D eigenvalue weighted by atomic mass is 32.2. The van der Waals surface area contributed by atoms with Gasteiger partial charge in [-0.15, -0.1) is 11.8 Å². The van der Waals surface area contributed by atoms with Gasteiger partial charge in [-0.3, -0.25) is 14.3 Å². The van der Waals surface area contributed by atoms with Gasteiger partial charge in [0.2, 0.25) is 5.95 Å². The van der Waals surface area contributed by atoms with Crippen molar-refractivity contribution in [2.24, 2.45) is 7.05 Å². The lowest BCUT2D eigenvalue weighted by Crippen LogP contribution is -2.41. The highest BCUT2D eigenvalue weighted by Gasteiger charge is 2.25. The maximum Gasteiger partial charge on any atom is 0.255 e. The number of ether oxygens (including phenoxy) is 1. The van der Waals surface area contributed by atoms with Crippen molar-refractivity contribution >= 4 is 17.7 Å². The number of benzene rings is 1. The van der Waals surface area contributed by atoms with Crippen LogP contribution in [0.1, 0.15) is 11.7 Å². The van der Waals surface area contributed by atoms with E-state index in [0.29, 0.717) is 31.3 Å². The van der Waals surface area contributed by atoms with E-state index in [2.05, 4.69) is 34.2 Å². The monoisotopic (exact) mass is 412 g/mol. The fraction of sp³-hybridized carbons (Fsp3) is 0.286. The molecular formula is C21H21FN4O2S. The number of rotatable bonds is 4. The smallest absolute Gasteiger partial charge is 0.255 e. The van der Waals surface area contributed by atoms with Crippen molar-refractivity contribution in [3.05, 3.63) is 70.5 Å². The van der Waals surface area contributed by atoms with Crippen molar-refractivity contribution in [1.29, 1.82) is 0 Å². The summed E-state index contributed by atoms with van der Waals surface area (Å²) < 4.78 is 21.6. The summed E-state index contributed by atoms with van der Waals surface area (Å²) in [4.78, 5) is 24.1. The third kappa shape index (κ3) is 4.04. The maximum absolute atomic E-state index is 14.2. The fourth-order valence-electron chi connectivity index (χ4n) is 3.38. The molecule has 0 amide bonds. The minimum Gasteiger partial charge on any atom is -0.370 e. The van der Waals surface area contributed by atoms with E-state index in [1.165, 1.54) is 27.8 Å². The van der Waals surface area contributed by atoms with Crippen LogP contribution in [-0.4, -0.2) is 40.5 Å². The Balaban J connectivity index is 1.66. The first kappa shape index (κ1) is 19.6. The van der Waals surface area contributed by atoms with Crippen LogP contribution < -0.4 is 10.5 Å². The molecule has 0 saturated carbocycles. The number of hydrogen-bond acceptors (Lipinski definition) is 6. The molecule has 1 fully saturated rings. The highest BCUT2D eigenvalue weighted by Crippen LogP contribution is 2.27. The van der Waals surface area contributed by atoms with E-state index in [4.69, 9.17) is 4.74 Å². The van der Waals surface area contributed by atoms with Crippen LogP contribution in [0.25, 0.3) is 11.3 Å².